The molecular formula is C55H37NO3. The Hall–Kier alpha value is -7.56. The standard InChI is InChI=1S/C55H37NO3/c1-4-16-38(17-5-1)55(39-18-6-2-7-19-39)46-25-12-10-24-44(46)53-47(55)29-32-51-54(53)59-50-31-28-42(35-52(50)58-51)56(40-20-8-3-9-21-40)41-22-14-15-36(33-41)37-27-30-49-45(34-37)43-23-11-13-26-48(43)57-49/h1,3-6,8-35H,2,7H2. The van der Waals surface area contributed by atoms with E-state index in [1.54, 1.807) is 0 Å². The lowest BCUT2D eigenvalue weighted by Crippen LogP contribution is -2.29. The van der Waals surface area contributed by atoms with Crippen LogP contribution in [0.5, 0.6) is 23.0 Å². The number of anilines is 3. The van der Waals surface area contributed by atoms with Gasteiger partial charge in [0.1, 0.15) is 11.2 Å². The minimum atomic E-state index is -0.477. The Labute approximate surface area is 342 Å². The largest absolute Gasteiger partial charge is 0.456 e. The Kier molecular flexibility index (Phi) is 7.54. The summed E-state index contributed by atoms with van der Waals surface area (Å²) >= 11 is 0. The molecule has 0 N–H and O–H groups in total. The molecule has 8 aromatic carbocycles. The zero-order valence-electron chi connectivity index (χ0n) is 32.1. The number of para-hydroxylation sites is 2. The van der Waals surface area contributed by atoms with Crippen LogP contribution in [0.3, 0.4) is 0 Å². The molecule has 2 aliphatic carbocycles. The second kappa shape index (κ2) is 13.3. The smallest absolute Gasteiger partial charge is 0.178 e. The Morgan fingerprint density at radius 3 is 2.10 bits per heavy atom. The molecule has 0 saturated carbocycles. The number of fused-ring (bicyclic) bond motifs is 9. The molecule has 3 aliphatic rings. The number of ether oxygens (including phenoxy) is 2. The molecule has 0 amide bonds. The number of furan rings is 1. The van der Waals surface area contributed by atoms with Gasteiger partial charge in [0.2, 0.25) is 0 Å². The number of benzene rings is 8. The van der Waals surface area contributed by atoms with Gasteiger partial charge in [-0.05, 0) is 112 Å². The highest BCUT2D eigenvalue weighted by molar-refractivity contribution is 6.06. The molecule has 0 bridgehead atoms. The normalized spacial score (nSPS) is 16.0. The first kappa shape index (κ1) is 33.6. The summed E-state index contributed by atoms with van der Waals surface area (Å²) in [5.74, 6) is 2.81. The molecule has 0 spiro atoms. The van der Waals surface area contributed by atoms with Gasteiger partial charge in [-0.15, -0.1) is 0 Å². The van der Waals surface area contributed by atoms with Crippen molar-refractivity contribution in [3.63, 3.8) is 0 Å². The number of rotatable bonds is 6. The van der Waals surface area contributed by atoms with Gasteiger partial charge in [-0.25, -0.2) is 0 Å². The SMILES string of the molecule is C1=CC(C2(c3ccccc3)c3ccccc3-c3c2ccc2c3Oc3ccc(N(c4ccccc4)c4cccc(-c5ccc6oc7ccccc7c6c5)c4)cc3O2)=CCC1. The van der Waals surface area contributed by atoms with Crippen molar-refractivity contribution < 1.29 is 13.9 Å². The zero-order chi connectivity index (χ0) is 38.9. The summed E-state index contributed by atoms with van der Waals surface area (Å²) in [6, 6.07) is 64.2. The number of hydrogen-bond acceptors (Lipinski definition) is 4. The van der Waals surface area contributed by atoms with Gasteiger partial charge in [-0.3, -0.25) is 0 Å². The lowest BCUT2D eigenvalue weighted by atomic mass is 9.66. The van der Waals surface area contributed by atoms with E-state index in [0.29, 0.717) is 17.2 Å². The fourth-order valence-corrected chi connectivity index (χ4v) is 9.65. The van der Waals surface area contributed by atoms with Crippen LogP contribution in [0.25, 0.3) is 44.2 Å². The molecule has 0 radical (unpaired) electrons. The highest BCUT2D eigenvalue weighted by atomic mass is 16.6. The van der Waals surface area contributed by atoms with Gasteiger partial charge >= 0.3 is 0 Å². The second-order valence-electron chi connectivity index (χ2n) is 15.5. The Bertz CT molecular complexity index is 3180. The molecule has 4 heteroatoms. The van der Waals surface area contributed by atoms with Crippen molar-refractivity contribution in [2.24, 2.45) is 0 Å². The van der Waals surface area contributed by atoms with Crippen LogP contribution in [0.1, 0.15) is 29.5 Å². The molecule has 1 unspecified atom stereocenters. The van der Waals surface area contributed by atoms with E-state index in [4.69, 9.17) is 13.9 Å². The minimum Gasteiger partial charge on any atom is -0.456 e. The van der Waals surface area contributed by atoms with Crippen molar-refractivity contribution in [1.29, 1.82) is 0 Å². The van der Waals surface area contributed by atoms with Crippen LogP contribution in [-0.2, 0) is 5.41 Å². The van der Waals surface area contributed by atoms with Crippen molar-refractivity contribution in [3.8, 4) is 45.3 Å². The Morgan fingerprint density at radius 1 is 0.475 bits per heavy atom. The molecular weight excluding hydrogens is 723 g/mol. The fourth-order valence-electron chi connectivity index (χ4n) is 9.65. The highest BCUT2D eigenvalue weighted by Gasteiger charge is 2.49. The Morgan fingerprint density at radius 2 is 1.22 bits per heavy atom. The summed E-state index contributed by atoms with van der Waals surface area (Å²) in [7, 11) is 0. The maximum absolute atomic E-state index is 6.99. The summed E-state index contributed by atoms with van der Waals surface area (Å²) < 4.78 is 20.0. The summed E-state index contributed by atoms with van der Waals surface area (Å²) in [6.45, 7) is 0. The highest BCUT2D eigenvalue weighted by Crippen LogP contribution is 2.63. The molecule has 4 nitrogen and oxygen atoms in total. The van der Waals surface area contributed by atoms with Gasteiger partial charge < -0.3 is 18.8 Å². The molecule has 12 rings (SSSR count). The molecule has 0 saturated heterocycles. The van der Waals surface area contributed by atoms with Crippen LogP contribution < -0.4 is 14.4 Å². The average molecular weight is 760 g/mol. The average Bonchev–Trinajstić information content (AvgIpc) is 3.83. The Balaban J connectivity index is 0.956. The van der Waals surface area contributed by atoms with Gasteiger partial charge in [0.05, 0.1) is 11.1 Å². The minimum absolute atomic E-state index is 0.477. The molecule has 9 aromatic rings. The van der Waals surface area contributed by atoms with Crippen molar-refractivity contribution in [1.82, 2.24) is 0 Å². The van der Waals surface area contributed by atoms with Crippen LogP contribution in [0, 0.1) is 0 Å². The van der Waals surface area contributed by atoms with Crippen LogP contribution in [0.15, 0.2) is 210 Å². The topological polar surface area (TPSA) is 34.8 Å². The van der Waals surface area contributed by atoms with E-state index in [1.807, 2.05) is 24.3 Å². The van der Waals surface area contributed by atoms with Gasteiger partial charge in [0, 0.05) is 33.8 Å². The van der Waals surface area contributed by atoms with Crippen LogP contribution in [-0.4, -0.2) is 0 Å². The van der Waals surface area contributed by atoms with E-state index >= 15 is 0 Å². The van der Waals surface area contributed by atoms with Gasteiger partial charge in [-0.1, -0.05) is 133 Å². The maximum atomic E-state index is 6.99. The van der Waals surface area contributed by atoms with E-state index in [0.717, 1.165) is 74.3 Å². The molecule has 1 atom stereocenters. The van der Waals surface area contributed by atoms with Gasteiger partial charge in [-0.2, -0.15) is 0 Å². The first-order valence-corrected chi connectivity index (χ1v) is 20.3. The fraction of sp³-hybridized carbons (Fsp3) is 0.0545. The lowest BCUT2D eigenvalue weighted by Gasteiger charge is -2.36. The molecule has 1 aromatic heterocycles. The molecule has 280 valence electrons. The molecule has 0 fully saturated rings. The first-order valence-electron chi connectivity index (χ1n) is 20.3. The van der Waals surface area contributed by atoms with E-state index in [9.17, 15) is 0 Å². The van der Waals surface area contributed by atoms with Crippen LogP contribution in [0.2, 0.25) is 0 Å². The summed E-state index contributed by atoms with van der Waals surface area (Å²) in [5.41, 5.74) is 13.8. The van der Waals surface area contributed by atoms with Crippen molar-refractivity contribution >= 4 is 39.0 Å². The van der Waals surface area contributed by atoms with E-state index in [2.05, 4.69) is 181 Å². The maximum Gasteiger partial charge on any atom is 0.178 e. The quantitative estimate of drug-likeness (QED) is 0.169. The van der Waals surface area contributed by atoms with Crippen molar-refractivity contribution in [2.75, 3.05) is 4.90 Å². The number of nitrogens with zero attached hydrogens (tertiary/aromatic N) is 1. The van der Waals surface area contributed by atoms with Gasteiger partial charge in [0.15, 0.2) is 23.0 Å². The summed E-state index contributed by atoms with van der Waals surface area (Å²) in [5, 5.41) is 2.23. The van der Waals surface area contributed by atoms with E-state index in [-0.39, 0.29) is 0 Å². The summed E-state index contributed by atoms with van der Waals surface area (Å²) in [4.78, 5) is 2.27. The zero-order valence-corrected chi connectivity index (χ0v) is 32.1. The van der Waals surface area contributed by atoms with Gasteiger partial charge in [0.25, 0.3) is 0 Å². The van der Waals surface area contributed by atoms with Crippen LogP contribution in [0.4, 0.5) is 17.1 Å². The van der Waals surface area contributed by atoms with E-state index < -0.39 is 5.41 Å². The molecule has 1 aliphatic heterocycles. The third kappa shape index (κ3) is 5.16. The third-order valence-corrected chi connectivity index (χ3v) is 12.2. The number of allylic oxidation sites excluding steroid dienone is 4. The molecule has 59 heavy (non-hydrogen) atoms. The van der Waals surface area contributed by atoms with Crippen LogP contribution >= 0.6 is 0 Å². The predicted molar refractivity (Wildman–Crippen MR) is 239 cm³/mol. The predicted octanol–water partition coefficient (Wildman–Crippen LogP) is 15.2. The second-order valence-corrected chi connectivity index (χ2v) is 15.5. The summed E-state index contributed by atoms with van der Waals surface area (Å²) in [6.07, 6.45) is 9.12. The first-order chi connectivity index (χ1) is 29.2. The lowest BCUT2D eigenvalue weighted by molar-refractivity contribution is 0.360. The van der Waals surface area contributed by atoms with E-state index in [1.165, 1.54) is 27.8 Å². The third-order valence-electron chi connectivity index (χ3n) is 12.2. The van der Waals surface area contributed by atoms with Crippen molar-refractivity contribution in [3.05, 3.63) is 222 Å². The number of hydrogen-bond donors (Lipinski definition) is 0. The van der Waals surface area contributed by atoms with Crippen molar-refractivity contribution in [2.45, 2.75) is 18.3 Å². The molecule has 2 heterocycles. The monoisotopic (exact) mass is 759 g/mol.